The molecule has 1 aromatic heterocycles. The molecule has 98 valence electrons. The number of nitrogens with zero attached hydrogens (tertiary/aromatic N) is 1. The molecule has 1 heterocycles. The Labute approximate surface area is 120 Å². The third-order valence-electron chi connectivity index (χ3n) is 2.67. The summed E-state index contributed by atoms with van der Waals surface area (Å²) < 4.78 is 5.49. The lowest BCUT2D eigenvalue weighted by atomic mass is 10.2. The van der Waals surface area contributed by atoms with Crippen LogP contribution in [0.4, 0.5) is 0 Å². The van der Waals surface area contributed by atoms with Crippen LogP contribution in [0.25, 0.3) is 17.2 Å². The Morgan fingerprint density at radius 2 is 1.80 bits per heavy atom. The zero-order chi connectivity index (χ0) is 13.8. The van der Waals surface area contributed by atoms with Gasteiger partial charge in [0.1, 0.15) is 5.52 Å². The standard InChI is InChI=1S/C16H11NO2S/c18-15(11-10-12-6-2-1-3-7-12)20-16-17-13-8-4-5-9-14(13)19-16/h1-11H. The summed E-state index contributed by atoms with van der Waals surface area (Å²) >= 11 is 0.985. The molecule has 0 bridgehead atoms. The number of benzene rings is 2. The molecule has 0 atom stereocenters. The quantitative estimate of drug-likeness (QED) is 0.534. The molecule has 0 saturated heterocycles. The minimum absolute atomic E-state index is 0.111. The lowest BCUT2D eigenvalue weighted by molar-refractivity contribution is -0.107. The third-order valence-corrected chi connectivity index (χ3v) is 3.36. The van der Waals surface area contributed by atoms with Crippen LogP contribution in [0, 0.1) is 0 Å². The molecule has 0 fully saturated rings. The number of para-hydroxylation sites is 2. The van der Waals surface area contributed by atoms with Gasteiger partial charge in [-0.05, 0) is 23.8 Å². The molecule has 0 aliphatic heterocycles. The Hall–Kier alpha value is -2.33. The molecule has 0 aliphatic rings. The molecule has 0 unspecified atom stereocenters. The van der Waals surface area contributed by atoms with E-state index in [0.29, 0.717) is 10.8 Å². The minimum Gasteiger partial charge on any atom is -0.431 e. The van der Waals surface area contributed by atoms with Crippen molar-refractivity contribution in [1.82, 2.24) is 4.98 Å². The van der Waals surface area contributed by atoms with E-state index in [0.717, 1.165) is 22.8 Å². The summed E-state index contributed by atoms with van der Waals surface area (Å²) in [6, 6.07) is 17.1. The molecule has 3 aromatic rings. The van der Waals surface area contributed by atoms with Gasteiger partial charge in [0.25, 0.3) is 5.22 Å². The molecular weight excluding hydrogens is 270 g/mol. The van der Waals surface area contributed by atoms with Gasteiger partial charge in [-0.25, -0.2) is 4.98 Å². The van der Waals surface area contributed by atoms with Gasteiger partial charge in [0, 0.05) is 11.8 Å². The van der Waals surface area contributed by atoms with Crippen LogP contribution in [0.2, 0.25) is 0 Å². The fourth-order valence-electron chi connectivity index (χ4n) is 1.74. The van der Waals surface area contributed by atoms with Crippen molar-refractivity contribution in [3.63, 3.8) is 0 Å². The first-order chi connectivity index (χ1) is 9.81. The average molecular weight is 281 g/mol. The highest BCUT2D eigenvalue weighted by molar-refractivity contribution is 8.13. The second-order valence-electron chi connectivity index (χ2n) is 4.11. The highest BCUT2D eigenvalue weighted by atomic mass is 32.2. The monoisotopic (exact) mass is 281 g/mol. The average Bonchev–Trinajstić information content (AvgIpc) is 2.88. The normalized spacial score (nSPS) is 11.2. The number of hydrogen-bond acceptors (Lipinski definition) is 4. The molecule has 0 spiro atoms. The largest absolute Gasteiger partial charge is 0.431 e. The molecule has 4 heteroatoms. The minimum atomic E-state index is -0.111. The smallest absolute Gasteiger partial charge is 0.264 e. The highest BCUT2D eigenvalue weighted by Gasteiger charge is 2.09. The van der Waals surface area contributed by atoms with Gasteiger partial charge in [-0.1, -0.05) is 48.5 Å². The van der Waals surface area contributed by atoms with Crippen molar-refractivity contribution >= 4 is 34.1 Å². The molecular formula is C16H11NO2S. The maximum atomic E-state index is 11.8. The Balaban J connectivity index is 1.71. The van der Waals surface area contributed by atoms with E-state index in [-0.39, 0.29) is 5.12 Å². The van der Waals surface area contributed by atoms with Gasteiger partial charge in [0.05, 0.1) is 0 Å². The number of hydrogen-bond donors (Lipinski definition) is 0. The molecule has 3 rings (SSSR count). The molecule has 3 nitrogen and oxygen atoms in total. The summed E-state index contributed by atoms with van der Waals surface area (Å²) in [5, 5.41) is 0.259. The van der Waals surface area contributed by atoms with Crippen LogP contribution in [0.1, 0.15) is 5.56 Å². The topological polar surface area (TPSA) is 43.1 Å². The van der Waals surface area contributed by atoms with E-state index >= 15 is 0 Å². The second-order valence-corrected chi connectivity index (χ2v) is 5.07. The van der Waals surface area contributed by atoms with Crippen molar-refractivity contribution in [1.29, 1.82) is 0 Å². The van der Waals surface area contributed by atoms with Crippen molar-refractivity contribution in [3.05, 3.63) is 66.2 Å². The Bertz CT molecular complexity index is 729. The van der Waals surface area contributed by atoms with Gasteiger partial charge < -0.3 is 4.42 Å². The first kappa shape index (κ1) is 12.7. The summed E-state index contributed by atoms with van der Waals surface area (Å²) in [6.45, 7) is 0. The molecule has 20 heavy (non-hydrogen) atoms. The van der Waals surface area contributed by atoms with Crippen molar-refractivity contribution in [2.45, 2.75) is 5.22 Å². The molecule has 0 amide bonds. The molecule has 0 radical (unpaired) electrons. The van der Waals surface area contributed by atoms with E-state index in [1.165, 1.54) is 6.08 Å². The zero-order valence-corrected chi connectivity index (χ0v) is 11.3. The van der Waals surface area contributed by atoms with E-state index in [9.17, 15) is 4.79 Å². The summed E-state index contributed by atoms with van der Waals surface area (Å²) in [6.07, 6.45) is 3.30. The van der Waals surface area contributed by atoms with Crippen molar-refractivity contribution in [3.8, 4) is 0 Å². The van der Waals surface area contributed by atoms with Crippen LogP contribution < -0.4 is 0 Å². The SMILES string of the molecule is O=C(C=Cc1ccccc1)Sc1nc2ccccc2o1. The van der Waals surface area contributed by atoms with Crippen LogP contribution >= 0.6 is 11.8 Å². The van der Waals surface area contributed by atoms with E-state index in [4.69, 9.17) is 4.42 Å². The predicted molar refractivity (Wildman–Crippen MR) is 80.3 cm³/mol. The fourth-order valence-corrected chi connectivity index (χ4v) is 2.33. The maximum absolute atomic E-state index is 11.8. The van der Waals surface area contributed by atoms with Gasteiger partial charge >= 0.3 is 0 Å². The van der Waals surface area contributed by atoms with E-state index in [2.05, 4.69) is 4.98 Å². The predicted octanol–water partition coefficient (Wildman–Crippen LogP) is 4.16. The number of aromatic nitrogens is 1. The number of carbonyl (C=O) groups is 1. The van der Waals surface area contributed by atoms with E-state index in [1.54, 1.807) is 6.08 Å². The zero-order valence-electron chi connectivity index (χ0n) is 10.5. The molecule has 0 N–H and O–H groups in total. The van der Waals surface area contributed by atoms with Gasteiger partial charge in [-0.3, -0.25) is 4.79 Å². The lowest BCUT2D eigenvalue weighted by Crippen LogP contribution is -1.84. The summed E-state index contributed by atoms with van der Waals surface area (Å²) in [7, 11) is 0. The maximum Gasteiger partial charge on any atom is 0.264 e. The third kappa shape index (κ3) is 2.97. The second kappa shape index (κ2) is 5.75. The first-order valence-electron chi connectivity index (χ1n) is 6.12. The van der Waals surface area contributed by atoms with Crippen molar-refractivity contribution < 1.29 is 9.21 Å². The Kier molecular flexibility index (Phi) is 3.65. The van der Waals surface area contributed by atoms with Crippen LogP contribution in [0.5, 0.6) is 0 Å². The highest BCUT2D eigenvalue weighted by Crippen LogP contribution is 2.24. The summed E-state index contributed by atoms with van der Waals surface area (Å²) in [5.41, 5.74) is 2.43. The number of thioether (sulfide) groups is 1. The van der Waals surface area contributed by atoms with Gasteiger partial charge in [0.2, 0.25) is 5.12 Å². The van der Waals surface area contributed by atoms with Crippen LogP contribution in [-0.4, -0.2) is 10.1 Å². The fraction of sp³-hybridized carbons (Fsp3) is 0. The van der Waals surface area contributed by atoms with E-state index in [1.807, 2.05) is 54.6 Å². The van der Waals surface area contributed by atoms with Crippen molar-refractivity contribution in [2.24, 2.45) is 0 Å². The lowest BCUT2D eigenvalue weighted by Gasteiger charge is -1.91. The molecule has 0 saturated carbocycles. The Morgan fingerprint density at radius 1 is 1.05 bits per heavy atom. The number of fused-ring (bicyclic) bond motifs is 1. The summed E-state index contributed by atoms with van der Waals surface area (Å²) in [4.78, 5) is 16.1. The first-order valence-corrected chi connectivity index (χ1v) is 6.93. The molecule has 2 aromatic carbocycles. The Morgan fingerprint density at radius 3 is 2.60 bits per heavy atom. The van der Waals surface area contributed by atoms with Gasteiger partial charge in [0.15, 0.2) is 5.58 Å². The summed E-state index contributed by atoms with van der Waals surface area (Å²) in [5.74, 6) is 0. The van der Waals surface area contributed by atoms with Crippen LogP contribution in [0.15, 0.2) is 70.3 Å². The number of rotatable bonds is 3. The van der Waals surface area contributed by atoms with Gasteiger partial charge in [-0.15, -0.1) is 0 Å². The van der Waals surface area contributed by atoms with Crippen LogP contribution in [0.3, 0.4) is 0 Å². The van der Waals surface area contributed by atoms with Crippen LogP contribution in [-0.2, 0) is 4.79 Å². The number of oxazole rings is 1. The van der Waals surface area contributed by atoms with Crippen molar-refractivity contribution in [2.75, 3.05) is 0 Å². The molecule has 0 aliphatic carbocycles. The van der Waals surface area contributed by atoms with Gasteiger partial charge in [-0.2, -0.15) is 0 Å². The number of carbonyl (C=O) groups excluding carboxylic acids is 1. The van der Waals surface area contributed by atoms with E-state index < -0.39 is 0 Å².